The van der Waals surface area contributed by atoms with Crippen molar-refractivity contribution >= 4 is 11.7 Å². The van der Waals surface area contributed by atoms with Crippen LogP contribution in [0, 0.1) is 0 Å². The van der Waals surface area contributed by atoms with E-state index in [1.807, 2.05) is 18.2 Å². The number of hydrogen-bond acceptors (Lipinski definition) is 4. The maximum atomic E-state index is 12.5. The lowest BCUT2D eigenvalue weighted by Crippen LogP contribution is -2.49. The van der Waals surface area contributed by atoms with Gasteiger partial charge >= 0.3 is 6.03 Å². The molecular weight excluding hydrogens is 386 g/mol. The average Bonchev–Trinajstić information content (AvgIpc) is 3.16. The van der Waals surface area contributed by atoms with E-state index in [4.69, 9.17) is 0 Å². The summed E-state index contributed by atoms with van der Waals surface area (Å²) in [6.45, 7) is 6.52. The van der Waals surface area contributed by atoms with E-state index < -0.39 is 0 Å². The standard InChI is InChI=1S/C25H35N5O/c1-28-14-16-30(17-15-28)24(21-8-9-23-22(18-21)11-13-29(23)2)19-27-25(31)26-12-10-20-6-4-3-5-7-20/h3-9,18,24H,10-17,19H2,1-2H3,(H2,26,27,31). The van der Waals surface area contributed by atoms with E-state index >= 15 is 0 Å². The van der Waals surface area contributed by atoms with Gasteiger partial charge in [0.1, 0.15) is 0 Å². The number of rotatable bonds is 7. The van der Waals surface area contributed by atoms with E-state index in [1.54, 1.807) is 0 Å². The fraction of sp³-hybridized carbons (Fsp3) is 0.480. The second kappa shape index (κ2) is 10.2. The van der Waals surface area contributed by atoms with Gasteiger partial charge in [-0.15, -0.1) is 0 Å². The number of benzene rings is 2. The molecule has 2 amide bonds. The number of nitrogens with one attached hydrogen (secondary N) is 2. The summed E-state index contributed by atoms with van der Waals surface area (Å²) in [5.74, 6) is 0. The molecule has 0 spiro atoms. The Kier molecular flexibility index (Phi) is 7.10. The van der Waals surface area contributed by atoms with Crippen LogP contribution in [0.25, 0.3) is 0 Å². The topological polar surface area (TPSA) is 50.9 Å². The molecule has 2 aromatic rings. The minimum absolute atomic E-state index is 0.0871. The number of amides is 2. The van der Waals surface area contributed by atoms with Gasteiger partial charge in [-0.2, -0.15) is 0 Å². The first-order chi connectivity index (χ1) is 15.1. The van der Waals surface area contributed by atoms with Crippen molar-refractivity contribution in [2.24, 2.45) is 0 Å². The zero-order valence-corrected chi connectivity index (χ0v) is 18.8. The van der Waals surface area contributed by atoms with E-state index in [0.29, 0.717) is 13.1 Å². The lowest BCUT2D eigenvalue weighted by atomic mass is 10.00. The molecule has 6 nitrogen and oxygen atoms in total. The van der Waals surface area contributed by atoms with Crippen LogP contribution >= 0.6 is 0 Å². The first-order valence-corrected chi connectivity index (χ1v) is 11.4. The summed E-state index contributed by atoms with van der Waals surface area (Å²) in [4.78, 5) is 19.7. The van der Waals surface area contributed by atoms with Crippen LogP contribution < -0.4 is 15.5 Å². The fourth-order valence-corrected chi connectivity index (χ4v) is 4.60. The maximum absolute atomic E-state index is 12.5. The molecule has 2 aliphatic rings. The predicted octanol–water partition coefficient (Wildman–Crippen LogP) is 2.51. The molecule has 166 valence electrons. The maximum Gasteiger partial charge on any atom is 0.314 e. The number of carbonyl (C=O) groups excluding carboxylic acids is 1. The van der Waals surface area contributed by atoms with Gasteiger partial charge in [0.05, 0.1) is 6.04 Å². The van der Waals surface area contributed by atoms with Crippen molar-refractivity contribution in [3.63, 3.8) is 0 Å². The second-order valence-corrected chi connectivity index (χ2v) is 8.79. The summed E-state index contributed by atoms with van der Waals surface area (Å²) in [7, 11) is 4.33. The smallest absolute Gasteiger partial charge is 0.314 e. The molecule has 6 heteroatoms. The Hall–Kier alpha value is -2.57. The van der Waals surface area contributed by atoms with E-state index in [1.165, 1.54) is 22.4 Å². The zero-order chi connectivity index (χ0) is 21.6. The van der Waals surface area contributed by atoms with Gasteiger partial charge in [0.2, 0.25) is 0 Å². The SMILES string of the molecule is CN1CCN(C(CNC(=O)NCCc2ccccc2)c2ccc3c(c2)CCN3C)CC1. The predicted molar refractivity (Wildman–Crippen MR) is 127 cm³/mol. The van der Waals surface area contributed by atoms with Crippen molar-refractivity contribution < 1.29 is 4.79 Å². The lowest BCUT2D eigenvalue weighted by Gasteiger charge is -2.38. The number of piperazine rings is 1. The highest BCUT2D eigenvalue weighted by Crippen LogP contribution is 2.31. The van der Waals surface area contributed by atoms with Crippen LogP contribution in [-0.2, 0) is 12.8 Å². The van der Waals surface area contributed by atoms with Crippen LogP contribution in [0.15, 0.2) is 48.5 Å². The van der Waals surface area contributed by atoms with E-state index in [9.17, 15) is 4.79 Å². The molecule has 1 atom stereocenters. The van der Waals surface area contributed by atoms with Crippen LogP contribution in [0.3, 0.4) is 0 Å². The molecule has 0 aliphatic carbocycles. The number of fused-ring (bicyclic) bond motifs is 1. The number of nitrogens with zero attached hydrogens (tertiary/aromatic N) is 3. The van der Waals surface area contributed by atoms with E-state index in [0.717, 1.165) is 45.6 Å². The van der Waals surface area contributed by atoms with Crippen molar-refractivity contribution in [2.75, 3.05) is 64.8 Å². The van der Waals surface area contributed by atoms with Gasteiger partial charge in [-0.1, -0.05) is 42.5 Å². The molecule has 1 unspecified atom stereocenters. The van der Waals surface area contributed by atoms with Gasteiger partial charge in [0.15, 0.2) is 0 Å². The summed E-state index contributed by atoms with van der Waals surface area (Å²) >= 11 is 0. The van der Waals surface area contributed by atoms with Gasteiger partial charge < -0.3 is 20.4 Å². The molecule has 0 radical (unpaired) electrons. The second-order valence-electron chi connectivity index (χ2n) is 8.79. The van der Waals surface area contributed by atoms with Crippen LogP contribution in [0.4, 0.5) is 10.5 Å². The number of hydrogen-bond donors (Lipinski definition) is 2. The van der Waals surface area contributed by atoms with Crippen molar-refractivity contribution in [1.82, 2.24) is 20.4 Å². The molecule has 1 fully saturated rings. The van der Waals surface area contributed by atoms with Crippen molar-refractivity contribution in [3.05, 3.63) is 65.2 Å². The third-order valence-electron chi connectivity index (χ3n) is 6.59. The summed E-state index contributed by atoms with van der Waals surface area (Å²) in [6.07, 6.45) is 1.94. The summed E-state index contributed by atoms with van der Waals surface area (Å²) in [6, 6.07) is 17.2. The Labute approximate surface area is 186 Å². The minimum Gasteiger partial charge on any atom is -0.374 e. The highest BCUT2D eigenvalue weighted by Gasteiger charge is 2.26. The van der Waals surface area contributed by atoms with E-state index in [2.05, 4.69) is 69.8 Å². The first kappa shape index (κ1) is 21.7. The molecule has 0 bridgehead atoms. The zero-order valence-electron chi connectivity index (χ0n) is 18.8. The molecule has 2 aliphatic heterocycles. The van der Waals surface area contributed by atoms with E-state index in [-0.39, 0.29) is 12.1 Å². The van der Waals surface area contributed by atoms with Gasteiger partial charge in [-0.25, -0.2) is 4.79 Å². The number of carbonyl (C=O) groups is 1. The molecule has 4 rings (SSSR count). The molecule has 1 saturated heterocycles. The highest BCUT2D eigenvalue weighted by molar-refractivity contribution is 5.73. The highest BCUT2D eigenvalue weighted by atomic mass is 16.2. The number of anilines is 1. The number of urea groups is 1. The van der Waals surface area contributed by atoms with Crippen molar-refractivity contribution in [1.29, 1.82) is 0 Å². The first-order valence-electron chi connectivity index (χ1n) is 11.4. The summed E-state index contributed by atoms with van der Waals surface area (Å²) in [5, 5.41) is 6.15. The average molecular weight is 422 g/mol. The Morgan fingerprint density at radius 2 is 1.74 bits per heavy atom. The van der Waals surface area contributed by atoms with Gasteiger partial charge in [-0.3, -0.25) is 4.90 Å². The molecule has 2 aromatic carbocycles. The van der Waals surface area contributed by atoms with Gasteiger partial charge in [-0.05, 0) is 42.6 Å². The molecule has 0 aromatic heterocycles. The Morgan fingerprint density at radius 1 is 0.968 bits per heavy atom. The molecule has 0 saturated carbocycles. The molecule has 31 heavy (non-hydrogen) atoms. The minimum atomic E-state index is -0.0871. The Bertz CT molecular complexity index is 863. The Morgan fingerprint density at radius 3 is 2.52 bits per heavy atom. The monoisotopic (exact) mass is 421 g/mol. The van der Waals surface area contributed by atoms with Crippen LogP contribution in [0.5, 0.6) is 0 Å². The van der Waals surface area contributed by atoms with Gasteiger partial charge in [0, 0.05) is 58.5 Å². The van der Waals surface area contributed by atoms with Gasteiger partial charge in [0.25, 0.3) is 0 Å². The lowest BCUT2D eigenvalue weighted by molar-refractivity contribution is 0.111. The molecule has 2 N–H and O–H groups in total. The largest absolute Gasteiger partial charge is 0.374 e. The van der Waals surface area contributed by atoms with Crippen LogP contribution in [-0.4, -0.2) is 75.7 Å². The summed E-state index contributed by atoms with van der Waals surface area (Å²) in [5.41, 5.74) is 5.31. The summed E-state index contributed by atoms with van der Waals surface area (Å²) < 4.78 is 0. The molecule has 2 heterocycles. The van der Waals surface area contributed by atoms with Crippen molar-refractivity contribution in [3.8, 4) is 0 Å². The molecular formula is C25H35N5O. The normalized spacial score (nSPS) is 17.9. The number of likely N-dealkylation sites (N-methyl/N-ethyl adjacent to an activating group) is 2. The Balaban J connectivity index is 1.37. The quantitative estimate of drug-likeness (QED) is 0.721. The van der Waals surface area contributed by atoms with Crippen molar-refractivity contribution in [2.45, 2.75) is 18.9 Å². The van der Waals surface area contributed by atoms with Crippen LogP contribution in [0.2, 0.25) is 0 Å². The van der Waals surface area contributed by atoms with Crippen LogP contribution in [0.1, 0.15) is 22.7 Å². The fourth-order valence-electron chi connectivity index (χ4n) is 4.60. The third kappa shape index (κ3) is 5.57. The third-order valence-corrected chi connectivity index (χ3v) is 6.59.